The van der Waals surface area contributed by atoms with Gasteiger partial charge >= 0.3 is 0 Å². The number of rotatable bonds is 3. The van der Waals surface area contributed by atoms with E-state index in [0.717, 1.165) is 5.69 Å². The Balaban J connectivity index is 1.50. The summed E-state index contributed by atoms with van der Waals surface area (Å²) in [6, 6.07) is 5.82. The van der Waals surface area contributed by atoms with Crippen LogP contribution in [0.3, 0.4) is 0 Å². The van der Waals surface area contributed by atoms with Crippen LogP contribution in [0.4, 0.5) is 5.69 Å². The van der Waals surface area contributed by atoms with Crippen molar-refractivity contribution in [2.75, 3.05) is 31.1 Å². The molecule has 0 spiro atoms. The van der Waals surface area contributed by atoms with E-state index < -0.39 is 0 Å². The molecule has 1 aliphatic rings. The smallest absolute Gasteiger partial charge is 0.276 e. The molecular weight excluding hydrogens is 358 g/mol. The summed E-state index contributed by atoms with van der Waals surface area (Å²) in [5.74, 6) is -0.0952. The SMILES string of the molecule is CC(C)n1cnc2cc(N3CCN(C(=O)c4cn(C)nn4)CC3)ccc2c1=O. The van der Waals surface area contributed by atoms with Gasteiger partial charge in [0.2, 0.25) is 0 Å². The maximum absolute atomic E-state index is 12.6. The molecule has 1 saturated heterocycles. The van der Waals surface area contributed by atoms with Crippen molar-refractivity contribution in [1.29, 1.82) is 0 Å². The number of benzene rings is 1. The van der Waals surface area contributed by atoms with Crippen LogP contribution in [0.2, 0.25) is 0 Å². The molecule has 0 aliphatic carbocycles. The summed E-state index contributed by atoms with van der Waals surface area (Å²) in [5.41, 5.74) is 2.05. The fraction of sp³-hybridized carbons (Fsp3) is 0.421. The molecule has 9 nitrogen and oxygen atoms in total. The number of nitrogens with zero attached hydrogens (tertiary/aromatic N) is 7. The molecule has 0 atom stereocenters. The fourth-order valence-corrected chi connectivity index (χ4v) is 3.46. The van der Waals surface area contributed by atoms with E-state index >= 15 is 0 Å². The quantitative estimate of drug-likeness (QED) is 0.674. The predicted octanol–water partition coefficient (Wildman–Crippen LogP) is 1.07. The third kappa shape index (κ3) is 3.23. The number of aromatic nitrogens is 5. The van der Waals surface area contributed by atoms with Gasteiger partial charge in [0, 0.05) is 45.0 Å². The summed E-state index contributed by atoms with van der Waals surface area (Å²) in [4.78, 5) is 33.5. The van der Waals surface area contributed by atoms with Crippen LogP contribution in [0.25, 0.3) is 10.9 Å². The molecule has 3 aromatic rings. The van der Waals surface area contributed by atoms with E-state index in [2.05, 4.69) is 20.2 Å². The maximum atomic E-state index is 12.6. The van der Waals surface area contributed by atoms with Crippen LogP contribution in [0.5, 0.6) is 0 Å². The molecule has 28 heavy (non-hydrogen) atoms. The first kappa shape index (κ1) is 18.1. The van der Waals surface area contributed by atoms with Gasteiger partial charge in [-0.25, -0.2) is 4.98 Å². The van der Waals surface area contributed by atoms with Crippen LogP contribution in [-0.4, -0.2) is 61.5 Å². The van der Waals surface area contributed by atoms with Crippen LogP contribution in [0.1, 0.15) is 30.4 Å². The van der Waals surface area contributed by atoms with Gasteiger partial charge < -0.3 is 9.80 Å². The lowest BCUT2D eigenvalue weighted by Crippen LogP contribution is -2.48. The van der Waals surface area contributed by atoms with Crippen molar-refractivity contribution in [2.45, 2.75) is 19.9 Å². The summed E-state index contributed by atoms with van der Waals surface area (Å²) in [5, 5.41) is 8.34. The van der Waals surface area contributed by atoms with E-state index in [-0.39, 0.29) is 17.5 Å². The number of anilines is 1. The van der Waals surface area contributed by atoms with Gasteiger partial charge in [0.1, 0.15) is 0 Å². The third-order valence-electron chi connectivity index (χ3n) is 5.08. The van der Waals surface area contributed by atoms with E-state index in [9.17, 15) is 9.59 Å². The van der Waals surface area contributed by atoms with Crippen LogP contribution in [0.15, 0.2) is 35.5 Å². The van der Waals surface area contributed by atoms with Crippen molar-refractivity contribution < 1.29 is 4.79 Å². The number of carbonyl (C=O) groups excluding carboxylic acids is 1. The topological polar surface area (TPSA) is 89.2 Å². The molecule has 0 bridgehead atoms. The van der Waals surface area contributed by atoms with Crippen LogP contribution in [-0.2, 0) is 7.05 Å². The largest absolute Gasteiger partial charge is 0.368 e. The lowest BCUT2D eigenvalue weighted by molar-refractivity contribution is 0.0740. The summed E-state index contributed by atoms with van der Waals surface area (Å²) >= 11 is 0. The number of fused-ring (bicyclic) bond motifs is 1. The number of carbonyl (C=O) groups is 1. The van der Waals surface area contributed by atoms with Crippen molar-refractivity contribution in [3.63, 3.8) is 0 Å². The number of piperazine rings is 1. The third-order valence-corrected chi connectivity index (χ3v) is 5.08. The molecule has 0 N–H and O–H groups in total. The van der Waals surface area contributed by atoms with E-state index in [1.807, 2.05) is 32.0 Å². The zero-order chi connectivity index (χ0) is 19.8. The molecule has 1 fully saturated rings. The Bertz CT molecular complexity index is 1080. The molecule has 1 amide bonds. The molecule has 146 valence electrons. The minimum Gasteiger partial charge on any atom is -0.368 e. The highest BCUT2D eigenvalue weighted by Gasteiger charge is 2.24. The Morgan fingerprint density at radius 1 is 1.14 bits per heavy atom. The highest BCUT2D eigenvalue weighted by Crippen LogP contribution is 2.21. The van der Waals surface area contributed by atoms with Crippen molar-refractivity contribution in [2.24, 2.45) is 7.05 Å². The first-order chi connectivity index (χ1) is 13.4. The van der Waals surface area contributed by atoms with Crippen LogP contribution in [0, 0.1) is 0 Å². The minimum absolute atomic E-state index is 0.0223. The lowest BCUT2D eigenvalue weighted by Gasteiger charge is -2.35. The standard InChI is InChI=1S/C19H23N7O2/c1-13(2)26-12-20-16-10-14(4-5-15(16)18(26)27)24-6-8-25(9-7-24)19(28)17-11-23(3)22-21-17/h4-5,10-13H,6-9H2,1-3H3. The summed E-state index contributed by atoms with van der Waals surface area (Å²) in [6.07, 6.45) is 3.24. The zero-order valence-electron chi connectivity index (χ0n) is 16.2. The maximum Gasteiger partial charge on any atom is 0.276 e. The molecule has 4 rings (SSSR count). The monoisotopic (exact) mass is 381 g/mol. The Morgan fingerprint density at radius 3 is 2.54 bits per heavy atom. The highest BCUT2D eigenvalue weighted by atomic mass is 16.2. The molecule has 1 aromatic carbocycles. The van der Waals surface area contributed by atoms with Crippen LogP contribution >= 0.6 is 0 Å². The van der Waals surface area contributed by atoms with E-state index in [1.165, 1.54) is 4.68 Å². The Labute approximate surface area is 162 Å². The molecule has 0 radical (unpaired) electrons. The first-order valence-electron chi connectivity index (χ1n) is 9.35. The van der Waals surface area contributed by atoms with Gasteiger partial charge in [0.15, 0.2) is 5.69 Å². The minimum atomic E-state index is -0.0952. The number of hydrogen-bond acceptors (Lipinski definition) is 6. The fourth-order valence-electron chi connectivity index (χ4n) is 3.46. The second-order valence-corrected chi connectivity index (χ2v) is 7.31. The van der Waals surface area contributed by atoms with Gasteiger partial charge in [-0.15, -0.1) is 5.10 Å². The van der Waals surface area contributed by atoms with E-state index in [0.29, 0.717) is 42.8 Å². The average Bonchev–Trinajstić information content (AvgIpc) is 3.13. The van der Waals surface area contributed by atoms with Crippen molar-refractivity contribution in [3.8, 4) is 0 Å². The summed E-state index contributed by atoms with van der Waals surface area (Å²) in [7, 11) is 1.74. The van der Waals surface area contributed by atoms with Gasteiger partial charge in [-0.3, -0.25) is 18.8 Å². The Kier molecular flexibility index (Phi) is 4.58. The zero-order valence-corrected chi connectivity index (χ0v) is 16.2. The van der Waals surface area contributed by atoms with Crippen molar-refractivity contribution in [1.82, 2.24) is 29.4 Å². The van der Waals surface area contributed by atoms with Gasteiger partial charge in [0.05, 0.1) is 23.4 Å². The lowest BCUT2D eigenvalue weighted by atomic mass is 10.2. The molecular formula is C19H23N7O2. The van der Waals surface area contributed by atoms with Crippen molar-refractivity contribution >= 4 is 22.5 Å². The normalized spacial score (nSPS) is 14.9. The second kappa shape index (κ2) is 7.06. The number of hydrogen-bond donors (Lipinski definition) is 0. The van der Waals surface area contributed by atoms with Crippen molar-refractivity contribution in [3.05, 3.63) is 46.8 Å². The first-order valence-corrected chi connectivity index (χ1v) is 9.35. The molecule has 3 heterocycles. The van der Waals surface area contributed by atoms with E-state index in [1.54, 1.807) is 29.0 Å². The van der Waals surface area contributed by atoms with Gasteiger partial charge in [-0.05, 0) is 32.0 Å². The predicted molar refractivity (Wildman–Crippen MR) is 106 cm³/mol. The van der Waals surface area contributed by atoms with E-state index in [4.69, 9.17) is 0 Å². The van der Waals surface area contributed by atoms with Gasteiger partial charge in [-0.2, -0.15) is 0 Å². The van der Waals surface area contributed by atoms with Gasteiger partial charge in [0.25, 0.3) is 11.5 Å². The highest BCUT2D eigenvalue weighted by molar-refractivity contribution is 5.92. The van der Waals surface area contributed by atoms with Gasteiger partial charge in [-0.1, -0.05) is 5.21 Å². The molecule has 1 aliphatic heterocycles. The molecule has 2 aromatic heterocycles. The Hall–Kier alpha value is -3.23. The summed E-state index contributed by atoms with van der Waals surface area (Å²) in [6.45, 7) is 6.56. The molecule has 0 unspecified atom stereocenters. The molecule has 0 saturated carbocycles. The summed E-state index contributed by atoms with van der Waals surface area (Å²) < 4.78 is 3.16. The molecule has 9 heteroatoms. The second-order valence-electron chi connectivity index (χ2n) is 7.31. The average molecular weight is 381 g/mol. The number of amides is 1. The number of aryl methyl sites for hydroxylation is 1. The Morgan fingerprint density at radius 2 is 1.89 bits per heavy atom. The van der Waals surface area contributed by atoms with Crippen LogP contribution < -0.4 is 10.5 Å².